The summed E-state index contributed by atoms with van der Waals surface area (Å²) in [6.07, 6.45) is 0.619. The van der Waals surface area contributed by atoms with E-state index in [4.69, 9.17) is 4.84 Å². The molecule has 0 unspecified atom stereocenters. The largest absolute Gasteiger partial charge is 0.391 e. The summed E-state index contributed by atoms with van der Waals surface area (Å²) in [6, 6.07) is 12.8. The summed E-state index contributed by atoms with van der Waals surface area (Å²) in [7, 11) is 3.28. The first kappa shape index (κ1) is 27.7. The van der Waals surface area contributed by atoms with Crippen molar-refractivity contribution in [2.24, 2.45) is 18.1 Å². The average molecular weight is 531 g/mol. The van der Waals surface area contributed by atoms with Gasteiger partial charge in [0.05, 0.1) is 29.1 Å². The van der Waals surface area contributed by atoms with E-state index >= 15 is 0 Å². The maximum Gasteiger partial charge on any atom is 0.270 e. The molecule has 9 nitrogen and oxygen atoms in total. The zero-order valence-corrected chi connectivity index (χ0v) is 22.6. The predicted octanol–water partition coefficient (Wildman–Crippen LogP) is 4.00. The normalized spacial score (nSPS) is 19.8. The number of hydrogen-bond acceptors (Lipinski definition) is 8. The first-order valence-electron chi connectivity index (χ1n) is 12.7. The number of aliphatic hydroxyl groups excluding tert-OH is 1. The standard InChI is InChI=1S/C29H31FN6O3/c1-29(2,3)39-34-25(17-6-9-19(30)10-7-17)18-8-12-22(24(37)14-18)35(4)27-21(16-32)28(38)36(5)23-13-11-20(15-31)33-26(23)27/h6-7,9-11,13,18,22,24,37H,8,12,14H2,1-5H3/b34-25+/t18-,22-,24-/m1/s1. The highest BCUT2D eigenvalue weighted by Crippen LogP contribution is 2.35. The first-order valence-corrected chi connectivity index (χ1v) is 12.7. The van der Waals surface area contributed by atoms with E-state index in [9.17, 15) is 24.8 Å². The van der Waals surface area contributed by atoms with E-state index in [1.165, 1.54) is 22.8 Å². The number of rotatable bonds is 5. The smallest absolute Gasteiger partial charge is 0.270 e. The van der Waals surface area contributed by atoms with E-state index in [-0.39, 0.29) is 23.0 Å². The molecule has 10 heteroatoms. The van der Waals surface area contributed by atoms with E-state index in [1.807, 2.05) is 32.9 Å². The molecule has 0 radical (unpaired) electrons. The van der Waals surface area contributed by atoms with Crippen LogP contribution in [0.2, 0.25) is 0 Å². The Morgan fingerprint density at radius 1 is 1.18 bits per heavy atom. The average Bonchev–Trinajstić information content (AvgIpc) is 2.90. The van der Waals surface area contributed by atoms with Crippen molar-refractivity contribution in [3.63, 3.8) is 0 Å². The first-order chi connectivity index (χ1) is 18.4. The van der Waals surface area contributed by atoms with Gasteiger partial charge in [-0.2, -0.15) is 10.5 Å². The number of fused-ring (bicyclic) bond motifs is 1. The van der Waals surface area contributed by atoms with Crippen LogP contribution < -0.4 is 10.5 Å². The molecule has 202 valence electrons. The third-order valence-electron chi connectivity index (χ3n) is 7.02. The molecule has 4 rings (SSSR count). The van der Waals surface area contributed by atoms with E-state index < -0.39 is 23.3 Å². The Balaban J connectivity index is 1.70. The lowest BCUT2D eigenvalue weighted by molar-refractivity contribution is -0.000636. The molecule has 1 fully saturated rings. The number of pyridine rings is 2. The molecule has 1 N–H and O–H groups in total. The van der Waals surface area contributed by atoms with Gasteiger partial charge in [0, 0.05) is 20.0 Å². The van der Waals surface area contributed by atoms with Gasteiger partial charge in [-0.15, -0.1) is 0 Å². The van der Waals surface area contributed by atoms with Gasteiger partial charge in [0.25, 0.3) is 5.56 Å². The van der Waals surface area contributed by atoms with E-state index in [0.29, 0.717) is 47.3 Å². The summed E-state index contributed by atoms with van der Waals surface area (Å²) in [4.78, 5) is 24.9. The lowest BCUT2D eigenvalue weighted by Gasteiger charge is -2.40. The van der Waals surface area contributed by atoms with Gasteiger partial charge in [-0.1, -0.05) is 17.3 Å². The molecule has 0 aliphatic heterocycles. The number of halogens is 1. The molecule has 0 amide bonds. The van der Waals surface area contributed by atoms with Gasteiger partial charge in [0.1, 0.15) is 40.3 Å². The highest BCUT2D eigenvalue weighted by Gasteiger charge is 2.37. The lowest BCUT2D eigenvalue weighted by Crippen LogP contribution is -2.47. The predicted molar refractivity (Wildman–Crippen MR) is 146 cm³/mol. The summed E-state index contributed by atoms with van der Waals surface area (Å²) in [5, 5.41) is 35.1. The van der Waals surface area contributed by atoms with Gasteiger partial charge in [0.2, 0.25) is 0 Å². The van der Waals surface area contributed by atoms with Crippen LogP contribution in [0, 0.1) is 34.4 Å². The fourth-order valence-corrected chi connectivity index (χ4v) is 5.07. The van der Waals surface area contributed by atoms with Gasteiger partial charge >= 0.3 is 0 Å². The van der Waals surface area contributed by atoms with Crippen LogP contribution in [0.5, 0.6) is 0 Å². The van der Waals surface area contributed by atoms with Crippen molar-refractivity contribution in [1.82, 2.24) is 9.55 Å². The summed E-state index contributed by atoms with van der Waals surface area (Å²) in [5.41, 5.74) is 1.49. The molecule has 39 heavy (non-hydrogen) atoms. The van der Waals surface area contributed by atoms with Crippen molar-refractivity contribution >= 4 is 22.4 Å². The molecule has 1 aliphatic rings. The van der Waals surface area contributed by atoms with Crippen molar-refractivity contribution in [3.05, 3.63) is 69.4 Å². The number of nitriles is 2. The van der Waals surface area contributed by atoms with Crippen LogP contribution in [0.4, 0.5) is 10.1 Å². The Morgan fingerprint density at radius 2 is 1.87 bits per heavy atom. The van der Waals surface area contributed by atoms with E-state index in [2.05, 4.69) is 10.1 Å². The molecule has 0 spiro atoms. The maximum atomic E-state index is 13.6. The minimum Gasteiger partial charge on any atom is -0.391 e. The fourth-order valence-electron chi connectivity index (χ4n) is 5.07. The van der Waals surface area contributed by atoms with Crippen molar-refractivity contribution in [1.29, 1.82) is 10.5 Å². The Hall–Kier alpha value is -4.28. The van der Waals surface area contributed by atoms with Crippen molar-refractivity contribution < 1.29 is 14.3 Å². The van der Waals surface area contributed by atoms with Gasteiger partial charge < -0.3 is 19.4 Å². The number of benzene rings is 1. The summed E-state index contributed by atoms with van der Waals surface area (Å²) >= 11 is 0. The van der Waals surface area contributed by atoms with Crippen LogP contribution in [-0.2, 0) is 11.9 Å². The number of oxime groups is 1. The van der Waals surface area contributed by atoms with Crippen LogP contribution in [0.1, 0.15) is 56.9 Å². The molecule has 1 aliphatic carbocycles. The second kappa shape index (κ2) is 10.8. The number of aliphatic hydroxyl groups is 1. The quantitative estimate of drug-likeness (QED) is 0.390. The second-order valence-electron chi connectivity index (χ2n) is 10.8. The van der Waals surface area contributed by atoms with Crippen LogP contribution in [0.25, 0.3) is 11.0 Å². The van der Waals surface area contributed by atoms with Gasteiger partial charge in [-0.25, -0.2) is 9.37 Å². The van der Waals surface area contributed by atoms with Crippen molar-refractivity contribution in [2.45, 2.75) is 57.8 Å². The number of hydrogen-bond donors (Lipinski definition) is 1. The second-order valence-corrected chi connectivity index (χ2v) is 10.8. The summed E-state index contributed by atoms with van der Waals surface area (Å²) in [6.45, 7) is 5.64. The van der Waals surface area contributed by atoms with Crippen LogP contribution in [-0.4, -0.2) is 45.2 Å². The molecule has 0 saturated heterocycles. The zero-order valence-electron chi connectivity index (χ0n) is 22.6. The minimum absolute atomic E-state index is 0.100. The maximum absolute atomic E-state index is 13.6. The van der Waals surface area contributed by atoms with Gasteiger partial charge in [-0.3, -0.25) is 4.79 Å². The highest BCUT2D eigenvalue weighted by molar-refractivity contribution is 6.02. The van der Waals surface area contributed by atoms with Gasteiger partial charge in [-0.05, 0) is 69.9 Å². The fraction of sp³-hybridized carbons (Fsp3) is 0.414. The number of likely N-dealkylation sites (N-methyl/N-ethyl adjacent to an activating group) is 1. The highest BCUT2D eigenvalue weighted by atomic mass is 19.1. The van der Waals surface area contributed by atoms with Crippen LogP contribution in [0.3, 0.4) is 0 Å². The Bertz CT molecular complexity index is 1560. The summed E-state index contributed by atoms with van der Waals surface area (Å²) in [5.74, 6) is -0.528. The molecule has 0 bridgehead atoms. The summed E-state index contributed by atoms with van der Waals surface area (Å²) < 4.78 is 15.0. The molecular weight excluding hydrogens is 499 g/mol. The molecule has 1 saturated carbocycles. The minimum atomic E-state index is -0.848. The molecule has 3 aromatic rings. The molecular formula is C29H31FN6O3. The van der Waals surface area contributed by atoms with Crippen molar-refractivity contribution in [3.8, 4) is 12.1 Å². The molecule has 2 heterocycles. The van der Waals surface area contributed by atoms with E-state index in [0.717, 1.165) is 0 Å². The molecule has 2 aromatic heterocycles. The number of aryl methyl sites for hydroxylation is 1. The Kier molecular flexibility index (Phi) is 7.71. The Labute approximate surface area is 226 Å². The van der Waals surface area contributed by atoms with Gasteiger partial charge in [0.15, 0.2) is 0 Å². The van der Waals surface area contributed by atoms with Crippen LogP contribution in [0.15, 0.2) is 46.3 Å². The number of aromatic nitrogens is 2. The Morgan fingerprint density at radius 3 is 2.46 bits per heavy atom. The third kappa shape index (κ3) is 5.62. The van der Waals surface area contributed by atoms with E-state index in [1.54, 1.807) is 37.2 Å². The van der Waals surface area contributed by atoms with Crippen LogP contribution >= 0.6 is 0 Å². The monoisotopic (exact) mass is 530 g/mol. The number of anilines is 1. The lowest BCUT2D eigenvalue weighted by atomic mass is 9.79. The zero-order chi connectivity index (χ0) is 28.5. The van der Waals surface area contributed by atoms with Crippen molar-refractivity contribution in [2.75, 3.05) is 11.9 Å². The SMILES string of the molecule is CN(c1c(C#N)c(=O)n(C)c2ccc(C#N)nc12)[C@@H]1CC[C@@H](/C(=N/OC(C)(C)C)c2ccc(F)cc2)C[C@H]1O. The topological polar surface area (TPSA) is 128 Å². The third-order valence-corrected chi connectivity index (χ3v) is 7.02. The molecule has 1 aromatic carbocycles. The number of nitrogens with zero attached hydrogens (tertiary/aromatic N) is 6. The molecule has 3 atom stereocenters.